The van der Waals surface area contributed by atoms with Crippen LogP contribution in [0.25, 0.3) is 0 Å². The molecule has 3 fully saturated rings. The third-order valence-corrected chi connectivity index (χ3v) is 10.0. The van der Waals surface area contributed by atoms with Gasteiger partial charge in [0, 0.05) is 41.9 Å². The highest BCUT2D eigenvalue weighted by Gasteiger charge is 2.71. The molecule has 1 spiro atoms. The van der Waals surface area contributed by atoms with E-state index in [9.17, 15) is 19.2 Å². The predicted molar refractivity (Wildman–Crippen MR) is 174 cm³/mol. The number of methoxy groups -OCH3 is 1. The molecule has 1 aliphatic carbocycles. The van der Waals surface area contributed by atoms with Gasteiger partial charge in [-0.15, -0.1) is 11.8 Å². The summed E-state index contributed by atoms with van der Waals surface area (Å²) in [6.07, 6.45) is 5.38. The maximum Gasteiger partial charge on any atom is 0.321 e. The molecule has 1 aromatic carbocycles. The molecule has 1 aromatic rings. The number of epoxide rings is 2. The van der Waals surface area contributed by atoms with E-state index < -0.39 is 23.0 Å². The average Bonchev–Trinajstić information content (AvgIpc) is 3.88. The number of amides is 4. The molecule has 2 saturated heterocycles. The Kier molecular flexibility index (Phi) is 11.2. The fourth-order valence-corrected chi connectivity index (χ4v) is 7.00. The number of urea groups is 1. The van der Waals surface area contributed by atoms with Crippen LogP contribution in [-0.2, 0) is 28.6 Å². The minimum atomic E-state index is -0.552. The lowest BCUT2D eigenvalue weighted by molar-refractivity contribution is -0.126. The van der Waals surface area contributed by atoms with Gasteiger partial charge in [-0.3, -0.25) is 19.7 Å². The molecule has 2 aliphatic heterocycles. The first-order valence-corrected chi connectivity index (χ1v) is 16.8. The zero-order valence-corrected chi connectivity index (χ0v) is 28.4. The second-order valence-corrected chi connectivity index (χ2v) is 14.9. The number of thioether (sulfide) groups is 1. The van der Waals surface area contributed by atoms with Crippen LogP contribution in [0.5, 0.6) is 0 Å². The van der Waals surface area contributed by atoms with Crippen molar-refractivity contribution in [3.05, 3.63) is 35.9 Å². The first kappa shape index (κ1) is 35.1. The van der Waals surface area contributed by atoms with E-state index >= 15 is 0 Å². The molecule has 0 aromatic heterocycles. The number of allylic oxidation sites excluding steroid dienone is 1. The molecule has 10 nitrogen and oxygen atoms in total. The Bertz CT molecular complexity index is 1280. The second kappa shape index (κ2) is 14.4. The van der Waals surface area contributed by atoms with Crippen molar-refractivity contribution in [2.24, 2.45) is 11.3 Å². The van der Waals surface area contributed by atoms with E-state index in [0.29, 0.717) is 31.6 Å². The molecule has 3 aliphatic rings. The van der Waals surface area contributed by atoms with E-state index in [0.717, 1.165) is 17.7 Å². The van der Waals surface area contributed by atoms with Gasteiger partial charge in [-0.05, 0) is 70.7 Å². The summed E-state index contributed by atoms with van der Waals surface area (Å²) in [4.78, 5) is 50.6. The largest absolute Gasteiger partial charge is 0.379 e. The first-order valence-electron chi connectivity index (χ1n) is 15.8. The topological polar surface area (TPSA) is 139 Å². The minimum Gasteiger partial charge on any atom is -0.379 e. The lowest BCUT2D eigenvalue weighted by Crippen LogP contribution is -2.60. The minimum absolute atomic E-state index is 0.0405. The second-order valence-electron chi connectivity index (χ2n) is 13.9. The highest BCUT2D eigenvalue weighted by molar-refractivity contribution is 8.00. The molecule has 45 heavy (non-hydrogen) atoms. The maximum absolute atomic E-state index is 12.9. The molecule has 6 atom stereocenters. The highest BCUT2D eigenvalue weighted by atomic mass is 32.2. The van der Waals surface area contributed by atoms with Gasteiger partial charge in [0.05, 0.1) is 36.2 Å². The van der Waals surface area contributed by atoms with Crippen LogP contribution in [0, 0.1) is 11.3 Å². The summed E-state index contributed by atoms with van der Waals surface area (Å²) in [6, 6.07) is 6.30. The Morgan fingerprint density at radius 2 is 1.78 bits per heavy atom. The number of anilines is 1. The van der Waals surface area contributed by atoms with Crippen molar-refractivity contribution in [3.8, 4) is 0 Å². The Balaban J connectivity index is 1.21. The Hall–Kier alpha value is -2.73. The Labute approximate surface area is 271 Å². The monoisotopic (exact) mass is 643 g/mol. The zero-order chi connectivity index (χ0) is 33.0. The van der Waals surface area contributed by atoms with Gasteiger partial charge < -0.3 is 24.8 Å². The van der Waals surface area contributed by atoms with E-state index in [1.165, 1.54) is 17.3 Å². The number of hydrogen-bond donors (Lipinski definition) is 3. The van der Waals surface area contributed by atoms with Gasteiger partial charge in [0.25, 0.3) is 0 Å². The summed E-state index contributed by atoms with van der Waals surface area (Å²) in [5, 5.41) is 8.26. The van der Waals surface area contributed by atoms with Crippen LogP contribution in [-0.4, -0.2) is 72.6 Å². The molecule has 0 radical (unpaired) electrons. The van der Waals surface area contributed by atoms with Crippen molar-refractivity contribution < 1.29 is 33.4 Å². The van der Waals surface area contributed by atoms with E-state index in [1.54, 1.807) is 19.2 Å². The van der Waals surface area contributed by atoms with Gasteiger partial charge >= 0.3 is 6.03 Å². The molecule has 0 bridgehead atoms. The molecule has 1 unspecified atom stereocenters. The molecule has 4 rings (SSSR count). The molecule has 3 N–H and O–H groups in total. The number of carbonyl (C=O) groups is 4. The number of rotatable bonds is 13. The van der Waals surface area contributed by atoms with Crippen molar-refractivity contribution in [2.75, 3.05) is 24.8 Å². The van der Waals surface area contributed by atoms with Crippen LogP contribution < -0.4 is 16.0 Å². The fraction of sp³-hybridized carbons (Fsp3) is 0.647. The normalized spacial score (nSPS) is 28.6. The number of ether oxygens (including phenoxy) is 3. The van der Waals surface area contributed by atoms with Gasteiger partial charge in [0.2, 0.25) is 11.8 Å². The van der Waals surface area contributed by atoms with Gasteiger partial charge in [-0.1, -0.05) is 32.4 Å². The summed E-state index contributed by atoms with van der Waals surface area (Å²) in [5.41, 5.74) is 0.792. The summed E-state index contributed by atoms with van der Waals surface area (Å²) >= 11 is 1.29. The summed E-state index contributed by atoms with van der Waals surface area (Å²) in [6.45, 7) is 12.5. The number of Topliss-reactive ketones (excluding diaryl/α,β-unsaturated/α-hetero) is 1. The van der Waals surface area contributed by atoms with Gasteiger partial charge in [-0.25, -0.2) is 4.79 Å². The first-order chi connectivity index (χ1) is 21.2. The quantitative estimate of drug-likeness (QED) is 0.148. The third-order valence-electron chi connectivity index (χ3n) is 9.02. The Morgan fingerprint density at radius 3 is 2.38 bits per heavy atom. The Morgan fingerprint density at radius 1 is 1.09 bits per heavy atom. The number of imide groups is 1. The summed E-state index contributed by atoms with van der Waals surface area (Å²) in [5.74, 6) is -0.409. The van der Waals surface area contributed by atoms with Crippen molar-refractivity contribution in [3.63, 3.8) is 0 Å². The maximum atomic E-state index is 12.9. The van der Waals surface area contributed by atoms with E-state index in [1.807, 2.05) is 32.9 Å². The SMILES string of the molecule is CO[C@H]1[C@H](C2(C)O[C@@H]2CC=C(C)C)[C@]2(CC[C@H]1NC(=O)NC(=O)CSc1ccc(NC(=O)CCCC(=O)C(C)(C)C)cc1)CO2. The fourth-order valence-electron chi connectivity index (χ4n) is 6.30. The summed E-state index contributed by atoms with van der Waals surface area (Å²) in [7, 11) is 1.65. The van der Waals surface area contributed by atoms with Crippen LogP contribution in [0.1, 0.15) is 80.1 Å². The van der Waals surface area contributed by atoms with Crippen LogP contribution in [0.15, 0.2) is 40.8 Å². The third kappa shape index (κ3) is 9.18. The van der Waals surface area contributed by atoms with Gasteiger partial charge in [-0.2, -0.15) is 0 Å². The number of benzene rings is 1. The summed E-state index contributed by atoms with van der Waals surface area (Å²) < 4.78 is 18.2. The predicted octanol–water partition coefficient (Wildman–Crippen LogP) is 5.40. The molecule has 1 saturated carbocycles. The zero-order valence-electron chi connectivity index (χ0n) is 27.6. The van der Waals surface area contributed by atoms with E-state index in [2.05, 4.69) is 42.8 Å². The number of ketones is 1. The molecular weight excluding hydrogens is 594 g/mol. The average molecular weight is 644 g/mol. The molecule has 4 amide bonds. The number of nitrogens with one attached hydrogen (secondary N) is 3. The van der Waals surface area contributed by atoms with Crippen molar-refractivity contribution in [1.29, 1.82) is 0 Å². The standard InChI is InChI=1S/C34H49N3O7S/c1-21(2)11-16-26-33(6,44-26)30-29(42-7)24(17-18-34(30)20-43-34)36-31(41)37-28(40)19-45-23-14-12-22(13-15-23)35-27(39)10-8-9-25(38)32(3,4)5/h11-15,24,26,29-30H,8-10,16-20H2,1-7H3,(H,35,39)(H2,36,37,40,41)/t24-,26-,29-,30-,33?,34+/m1/s1. The number of hydrogen-bond acceptors (Lipinski definition) is 8. The lowest BCUT2D eigenvalue weighted by atomic mass is 9.67. The van der Waals surface area contributed by atoms with Crippen LogP contribution in [0.4, 0.5) is 10.5 Å². The molecule has 2 heterocycles. The van der Waals surface area contributed by atoms with E-state index in [-0.39, 0.29) is 53.6 Å². The number of carbonyl (C=O) groups excluding carboxylic acids is 4. The van der Waals surface area contributed by atoms with Crippen molar-refractivity contribution >= 4 is 41.1 Å². The van der Waals surface area contributed by atoms with Crippen LogP contribution in [0.2, 0.25) is 0 Å². The smallest absolute Gasteiger partial charge is 0.321 e. The van der Waals surface area contributed by atoms with E-state index in [4.69, 9.17) is 14.2 Å². The molecule has 11 heteroatoms. The van der Waals surface area contributed by atoms with Crippen LogP contribution in [0.3, 0.4) is 0 Å². The van der Waals surface area contributed by atoms with Gasteiger partial charge in [0.15, 0.2) is 0 Å². The van der Waals surface area contributed by atoms with Gasteiger partial charge in [0.1, 0.15) is 11.4 Å². The highest BCUT2D eigenvalue weighted by Crippen LogP contribution is 2.59. The van der Waals surface area contributed by atoms with Crippen LogP contribution >= 0.6 is 11.8 Å². The lowest BCUT2D eigenvalue weighted by Gasteiger charge is -2.43. The molecule has 248 valence electrons. The van der Waals surface area contributed by atoms with Crippen molar-refractivity contribution in [1.82, 2.24) is 10.6 Å². The van der Waals surface area contributed by atoms with Crippen molar-refractivity contribution in [2.45, 2.75) is 114 Å². The molecular formula is C34H49N3O7S.